The van der Waals surface area contributed by atoms with Gasteiger partial charge in [-0.1, -0.05) is 6.07 Å². The highest BCUT2D eigenvalue weighted by atomic mass is 35.5. The predicted molar refractivity (Wildman–Crippen MR) is 64.4 cm³/mol. The molecule has 1 N–H and O–H groups in total. The number of nitrogens with one attached hydrogen (secondary N) is 1. The van der Waals surface area contributed by atoms with Gasteiger partial charge in [0.25, 0.3) is 5.69 Å². The number of aryl methyl sites for hydroxylation is 1. The first kappa shape index (κ1) is 14.0. The average molecular weight is 251 g/mol. The van der Waals surface area contributed by atoms with Gasteiger partial charge < -0.3 is 5.32 Å². The van der Waals surface area contributed by atoms with E-state index < -0.39 is 0 Å². The van der Waals surface area contributed by atoms with E-state index in [1.807, 2.05) is 6.07 Å². The Kier molecular flexibility index (Phi) is 5.39. The maximum absolute atomic E-state index is 10.5. The molecule has 15 heavy (non-hydrogen) atoms. The highest BCUT2D eigenvalue weighted by molar-refractivity contribution is 5.85. The molecule has 1 heterocycles. The van der Waals surface area contributed by atoms with E-state index in [9.17, 15) is 10.1 Å². The Morgan fingerprint density at radius 1 is 1.33 bits per heavy atom. The van der Waals surface area contributed by atoms with Crippen molar-refractivity contribution in [3.05, 3.63) is 33.9 Å². The summed E-state index contributed by atoms with van der Waals surface area (Å²) in [5, 5.41) is 13.6. The second-order valence-corrected chi connectivity index (χ2v) is 3.13. The molecule has 0 bridgehead atoms. The Morgan fingerprint density at radius 3 is 2.73 bits per heavy atom. The molecular formula is C9H12Cl2N2O2. The largest absolute Gasteiger partial charge is 0.385 e. The number of benzene rings is 1. The smallest absolute Gasteiger partial charge is 0.271 e. The number of hydrogen-bond donors (Lipinski definition) is 1. The van der Waals surface area contributed by atoms with Crippen molar-refractivity contribution in [3.63, 3.8) is 0 Å². The summed E-state index contributed by atoms with van der Waals surface area (Å²) in [7, 11) is 0. The molecule has 0 amide bonds. The Hall–Kier alpha value is -1.00. The molecule has 0 fully saturated rings. The molecule has 0 spiro atoms. The summed E-state index contributed by atoms with van der Waals surface area (Å²) in [4.78, 5) is 10.1. The van der Waals surface area contributed by atoms with Gasteiger partial charge in [-0.15, -0.1) is 24.8 Å². The molecule has 6 heteroatoms. The van der Waals surface area contributed by atoms with Gasteiger partial charge in [-0.05, 0) is 18.4 Å². The fourth-order valence-corrected chi connectivity index (χ4v) is 1.56. The number of non-ortho nitro benzene ring substituents is 1. The SMILES string of the molecule is Cl.Cl.O=[N+]([O-])c1ccc2c(c1)NCCC2. The van der Waals surface area contributed by atoms with Crippen molar-refractivity contribution in [1.82, 2.24) is 0 Å². The van der Waals surface area contributed by atoms with Crippen LogP contribution in [0, 0.1) is 10.1 Å². The number of nitro groups is 1. The Labute approximate surface area is 100 Å². The number of nitrogens with zero attached hydrogens (tertiary/aromatic N) is 1. The Balaban J connectivity index is 0.000000980. The maximum Gasteiger partial charge on any atom is 0.271 e. The Morgan fingerprint density at radius 2 is 2.07 bits per heavy atom. The number of rotatable bonds is 1. The minimum absolute atomic E-state index is 0. The van der Waals surface area contributed by atoms with E-state index in [4.69, 9.17) is 0 Å². The van der Waals surface area contributed by atoms with E-state index in [1.54, 1.807) is 12.1 Å². The highest BCUT2D eigenvalue weighted by Crippen LogP contribution is 2.26. The molecule has 1 aromatic carbocycles. The van der Waals surface area contributed by atoms with Crippen LogP contribution in [0.1, 0.15) is 12.0 Å². The molecular weight excluding hydrogens is 239 g/mol. The van der Waals surface area contributed by atoms with Crippen LogP contribution in [0.4, 0.5) is 11.4 Å². The second-order valence-electron chi connectivity index (χ2n) is 3.13. The van der Waals surface area contributed by atoms with Gasteiger partial charge in [0.15, 0.2) is 0 Å². The Bertz CT molecular complexity index is 358. The lowest BCUT2D eigenvalue weighted by molar-refractivity contribution is -0.384. The van der Waals surface area contributed by atoms with Crippen molar-refractivity contribution in [3.8, 4) is 0 Å². The first-order valence-corrected chi connectivity index (χ1v) is 4.28. The summed E-state index contributed by atoms with van der Waals surface area (Å²) in [6, 6.07) is 5.00. The number of fused-ring (bicyclic) bond motifs is 1. The lowest BCUT2D eigenvalue weighted by atomic mass is 10.0. The first-order chi connectivity index (χ1) is 6.27. The predicted octanol–water partition coefficient (Wildman–Crippen LogP) is 2.80. The number of hydrogen-bond acceptors (Lipinski definition) is 3. The quantitative estimate of drug-likeness (QED) is 0.616. The van der Waals surface area contributed by atoms with Crippen molar-refractivity contribution in [1.29, 1.82) is 0 Å². The maximum atomic E-state index is 10.5. The number of halogens is 2. The molecule has 0 radical (unpaired) electrons. The van der Waals surface area contributed by atoms with Gasteiger partial charge in [0.05, 0.1) is 4.92 Å². The van der Waals surface area contributed by atoms with Crippen LogP contribution in [-0.2, 0) is 6.42 Å². The van der Waals surface area contributed by atoms with Crippen LogP contribution in [0.5, 0.6) is 0 Å². The van der Waals surface area contributed by atoms with E-state index in [2.05, 4.69) is 5.32 Å². The van der Waals surface area contributed by atoms with E-state index >= 15 is 0 Å². The zero-order valence-electron chi connectivity index (χ0n) is 7.93. The molecule has 84 valence electrons. The van der Waals surface area contributed by atoms with Crippen LogP contribution in [0.25, 0.3) is 0 Å². The monoisotopic (exact) mass is 250 g/mol. The third-order valence-corrected chi connectivity index (χ3v) is 2.24. The van der Waals surface area contributed by atoms with Gasteiger partial charge >= 0.3 is 0 Å². The van der Waals surface area contributed by atoms with Crippen molar-refractivity contribution in [2.24, 2.45) is 0 Å². The van der Waals surface area contributed by atoms with E-state index in [1.165, 1.54) is 5.56 Å². The lowest BCUT2D eigenvalue weighted by Crippen LogP contribution is -2.11. The fourth-order valence-electron chi connectivity index (χ4n) is 1.56. The molecule has 0 atom stereocenters. The molecule has 1 aliphatic rings. The molecule has 1 aliphatic heterocycles. The van der Waals surface area contributed by atoms with Crippen LogP contribution in [0.2, 0.25) is 0 Å². The van der Waals surface area contributed by atoms with Crippen LogP contribution in [0.3, 0.4) is 0 Å². The van der Waals surface area contributed by atoms with E-state index in [0.29, 0.717) is 0 Å². The molecule has 0 unspecified atom stereocenters. The van der Waals surface area contributed by atoms with Gasteiger partial charge in [-0.3, -0.25) is 10.1 Å². The zero-order valence-corrected chi connectivity index (χ0v) is 9.57. The molecule has 0 saturated carbocycles. The normalized spacial score (nSPS) is 12.5. The van der Waals surface area contributed by atoms with Crippen molar-refractivity contribution in [2.75, 3.05) is 11.9 Å². The van der Waals surface area contributed by atoms with Gasteiger partial charge in [0.1, 0.15) is 0 Å². The van der Waals surface area contributed by atoms with Crippen LogP contribution in [-0.4, -0.2) is 11.5 Å². The highest BCUT2D eigenvalue weighted by Gasteiger charge is 2.12. The second kappa shape index (κ2) is 5.78. The van der Waals surface area contributed by atoms with Gasteiger partial charge in [-0.25, -0.2) is 0 Å². The summed E-state index contributed by atoms with van der Waals surface area (Å²) < 4.78 is 0. The molecule has 0 aliphatic carbocycles. The summed E-state index contributed by atoms with van der Waals surface area (Å²) in [5.74, 6) is 0. The molecule has 0 saturated heterocycles. The summed E-state index contributed by atoms with van der Waals surface area (Å²) in [6.45, 7) is 0.911. The average Bonchev–Trinajstić information content (AvgIpc) is 2.17. The standard InChI is InChI=1S/C9H10N2O2.2ClH/c12-11(13)8-4-3-7-2-1-5-10-9(7)6-8;;/h3-4,6,10H,1-2,5H2;2*1H. The third-order valence-electron chi connectivity index (χ3n) is 2.24. The number of nitro benzene ring substituents is 1. The third kappa shape index (κ3) is 2.97. The molecule has 0 aromatic heterocycles. The van der Waals surface area contributed by atoms with E-state index in [-0.39, 0.29) is 35.4 Å². The zero-order chi connectivity index (χ0) is 9.26. The molecule has 2 rings (SSSR count). The first-order valence-electron chi connectivity index (χ1n) is 4.28. The minimum Gasteiger partial charge on any atom is -0.385 e. The fraction of sp³-hybridized carbons (Fsp3) is 0.333. The van der Waals surface area contributed by atoms with Crippen molar-refractivity contribution >= 4 is 36.2 Å². The van der Waals surface area contributed by atoms with Gasteiger partial charge in [0, 0.05) is 24.4 Å². The minimum atomic E-state index is -0.365. The molecule has 4 nitrogen and oxygen atoms in total. The van der Waals surface area contributed by atoms with E-state index in [0.717, 1.165) is 25.1 Å². The van der Waals surface area contributed by atoms with Crippen molar-refractivity contribution in [2.45, 2.75) is 12.8 Å². The number of anilines is 1. The van der Waals surface area contributed by atoms with Gasteiger partial charge in [0.2, 0.25) is 0 Å². The van der Waals surface area contributed by atoms with Crippen LogP contribution >= 0.6 is 24.8 Å². The molecule has 1 aromatic rings. The van der Waals surface area contributed by atoms with Crippen LogP contribution in [0.15, 0.2) is 18.2 Å². The summed E-state index contributed by atoms with van der Waals surface area (Å²) in [5.41, 5.74) is 2.26. The van der Waals surface area contributed by atoms with Gasteiger partial charge in [-0.2, -0.15) is 0 Å². The van der Waals surface area contributed by atoms with Crippen molar-refractivity contribution < 1.29 is 4.92 Å². The topological polar surface area (TPSA) is 55.2 Å². The lowest BCUT2D eigenvalue weighted by Gasteiger charge is -2.16. The van der Waals surface area contributed by atoms with Crippen LogP contribution < -0.4 is 5.32 Å². The summed E-state index contributed by atoms with van der Waals surface area (Å²) >= 11 is 0. The summed E-state index contributed by atoms with van der Waals surface area (Å²) in [6.07, 6.45) is 2.12.